The second-order valence-corrected chi connectivity index (χ2v) is 4.69. The highest BCUT2D eigenvalue weighted by atomic mass is 16.2. The van der Waals surface area contributed by atoms with E-state index in [1.807, 2.05) is 4.90 Å². The molecule has 1 aliphatic heterocycles. The van der Waals surface area contributed by atoms with Crippen molar-refractivity contribution in [1.29, 1.82) is 0 Å². The van der Waals surface area contributed by atoms with Crippen molar-refractivity contribution in [3.8, 4) is 0 Å². The van der Waals surface area contributed by atoms with Gasteiger partial charge in [-0.1, -0.05) is 26.7 Å². The van der Waals surface area contributed by atoms with Gasteiger partial charge in [0.05, 0.1) is 0 Å². The van der Waals surface area contributed by atoms with Crippen LogP contribution in [-0.4, -0.2) is 35.8 Å². The summed E-state index contributed by atoms with van der Waals surface area (Å²) in [6.45, 7) is 5.89. The van der Waals surface area contributed by atoms with E-state index in [-0.39, 0.29) is 17.9 Å². The molecule has 1 heterocycles. The van der Waals surface area contributed by atoms with Crippen LogP contribution in [-0.2, 0) is 9.59 Å². The molecule has 1 saturated heterocycles. The van der Waals surface area contributed by atoms with Crippen LogP contribution in [0.25, 0.3) is 0 Å². The molecular formula is C13H24N2O2. The van der Waals surface area contributed by atoms with Crippen molar-refractivity contribution in [1.82, 2.24) is 10.2 Å². The first-order valence-corrected chi connectivity index (χ1v) is 6.77. The Bertz CT molecular complexity index is 258. The van der Waals surface area contributed by atoms with Gasteiger partial charge in [-0.05, 0) is 19.3 Å². The van der Waals surface area contributed by atoms with Crippen LogP contribution >= 0.6 is 0 Å². The molecule has 2 amide bonds. The van der Waals surface area contributed by atoms with Gasteiger partial charge in [0, 0.05) is 19.5 Å². The first kappa shape index (κ1) is 14.0. The first-order valence-electron chi connectivity index (χ1n) is 6.77. The lowest BCUT2D eigenvalue weighted by molar-refractivity contribution is -0.134. The van der Waals surface area contributed by atoms with Gasteiger partial charge >= 0.3 is 0 Å². The molecule has 0 aromatic carbocycles. The van der Waals surface area contributed by atoms with Gasteiger partial charge in [-0.25, -0.2) is 0 Å². The third kappa shape index (κ3) is 4.36. The van der Waals surface area contributed by atoms with Crippen LogP contribution in [0.15, 0.2) is 0 Å². The number of rotatable bonds is 7. The zero-order valence-electron chi connectivity index (χ0n) is 11.0. The lowest BCUT2D eigenvalue weighted by Crippen LogP contribution is -2.45. The number of unbranched alkanes of at least 4 members (excludes halogenated alkanes) is 2. The summed E-state index contributed by atoms with van der Waals surface area (Å²) in [4.78, 5) is 25.3. The summed E-state index contributed by atoms with van der Waals surface area (Å²) in [5, 5.41) is 2.76. The maximum atomic E-state index is 12.2. The smallest absolute Gasteiger partial charge is 0.245 e. The molecule has 1 rings (SSSR count). The van der Waals surface area contributed by atoms with Crippen LogP contribution in [0.5, 0.6) is 0 Å². The molecule has 1 atom stereocenters. The Morgan fingerprint density at radius 1 is 1.29 bits per heavy atom. The number of amides is 2. The lowest BCUT2D eigenvalue weighted by atomic mass is 10.1. The topological polar surface area (TPSA) is 49.4 Å². The predicted molar refractivity (Wildman–Crippen MR) is 67.6 cm³/mol. The van der Waals surface area contributed by atoms with Gasteiger partial charge in [-0.3, -0.25) is 9.59 Å². The number of nitrogens with zero attached hydrogens (tertiary/aromatic N) is 1. The Balaban J connectivity index is 2.48. The van der Waals surface area contributed by atoms with Crippen LogP contribution in [0.3, 0.4) is 0 Å². The van der Waals surface area contributed by atoms with Crippen molar-refractivity contribution < 1.29 is 9.59 Å². The minimum atomic E-state index is -0.267. The maximum absolute atomic E-state index is 12.2. The van der Waals surface area contributed by atoms with Crippen LogP contribution in [0.4, 0.5) is 0 Å². The molecule has 1 fully saturated rings. The molecule has 98 valence electrons. The maximum Gasteiger partial charge on any atom is 0.245 e. The van der Waals surface area contributed by atoms with Crippen molar-refractivity contribution >= 4 is 11.8 Å². The molecule has 0 radical (unpaired) electrons. The van der Waals surface area contributed by atoms with E-state index in [1.54, 1.807) is 0 Å². The number of hydrogen-bond acceptors (Lipinski definition) is 2. The minimum absolute atomic E-state index is 0.00860. The van der Waals surface area contributed by atoms with Crippen LogP contribution in [0.2, 0.25) is 0 Å². The fourth-order valence-electron chi connectivity index (χ4n) is 2.05. The lowest BCUT2D eigenvalue weighted by Gasteiger charge is -2.25. The molecule has 0 aromatic rings. The molecule has 1 N–H and O–H groups in total. The fourth-order valence-corrected chi connectivity index (χ4v) is 2.05. The van der Waals surface area contributed by atoms with Gasteiger partial charge in [-0.2, -0.15) is 0 Å². The van der Waals surface area contributed by atoms with Crippen LogP contribution < -0.4 is 5.32 Å². The summed E-state index contributed by atoms with van der Waals surface area (Å²) in [6.07, 6.45) is 5.41. The summed E-state index contributed by atoms with van der Waals surface area (Å²) in [6, 6.07) is -0.267. The Kier molecular flexibility index (Phi) is 6.01. The average Bonchev–Trinajstić information content (AvgIpc) is 2.75. The van der Waals surface area contributed by atoms with Gasteiger partial charge in [-0.15, -0.1) is 0 Å². The fraction of sp³-hybridized carbons (Fsp3) is 0.846. The summed E-state index contributed by atoms with van der Waals surface area (Å²) in [5.41, 5.74) is 0. The molecule has 0 unspecified atom stereocenters. The van der Waals surface area contributed by atoms with Crippen molar-refractivity contribution in [3.63, 3.8) is 0 Å². The molecule has 0 aromatic heterocycles. The highest BCUT2D eigenvalue weighted by Gasteiger charge is 2.30. The number of carbonyl (C=O) groups excluding carboxylic acids is 2. The molecule has 17 heavy (non-hydrogen) atoms. The van der Waals surface area contributed by atoms with E-state index in [9.17, 15) is 9.59 Å². The molecule has 4 heteroatoms. The van der Waals surface area contributed by atoms with Gasteiger partial charge in [0.2, 0.25) is 11.8 Å². The zero-order chi connectivity index (χ0) is 12.7. The summed E-state index contributed by atoms with van der Waals surface area (Å²) < 4.78 is 0. The Labute approximate surface area is 104 Å². The van der Waals surface area contributed by atoms with E-state index in [4.69, 9.17) is 0 Å². The predicted octanol–water partition coefficient (Wildman–Crippen LogP) is 1.69. The van der Waals surface area contributed by atoms with Gasteiger partial charge in [0.15, 0.2) is 0 Å². The first-order chi connectivity index (χ1) is 8.19. The zero-order valence-corrected chi connectivity index (χ0v) is 11.0. The SMILES string of the molecule is CCCCN(CCCC)C(=O)[C@H]1CCC(=O)N1. The number of nitrogens with one attached hydrogen (secondary N) is 1. The number of hydrogen-bond donors (Lipinski definition) is 1. The average molecular weight is 240 g/mol. The third-order valence-electron chi connectivity index (χ3n) is 3.17. The quantitative estimate of drug-likeness (QED) is 0.736. The van der Waals surface area contributed by atoms with E-state index in [0.717, 1.165) is 38.8 Å². The van der Waals surface area contributed by atoms with E-state index in [1.165, 1.54) is 0 Å². The van der Waals surface area contributed by atoms with E-state index >= 15 is 0 Å². The second kappa shape index (κ2) is 7.30. The highest BCUT2D eigenvalue weighted by Crippen LogP contribution is 2.11. The molecule has 0 saturated carbocycles. The van der Waals surface area contributed by atoms with E-state index in [2.05, 4.69) is 19.2 Å². The highest BCUT2D eigenvalue weighted by molar-refractivity contribution is 5.90. The standard InChI is InChI=1S/C13H24N2O2/c1-3-5-9-15(10-6-4-2)13(17)11-7-8-12(16)14-11/h11H,3-10H2,1-2H3,(H,14,16)/t11-/m1/s1. The van der Waals surface area contributed by atoms with Crippen LogP contribution in [0, 0.1) is 0 Å². The van der Waals surface area contributed by atoms with Crippen molar-refractivity contribution in [2.24, 2.45) is 0 Å². The van der Waals surface area contributed by atoms with Crippen molar-refractivity contribution in [2.45, 2.75) is 58.4 Å². The van der Waals surface area contributed by atoms with E-state index in [0.29, 0.717) is 12.8 Å². The summed E-state index contributed by atoms with van der Waals surface area (Å²) in [7, 11) is 0. The molecule has 4 nitrogen and oxygen atoms in total. The summed E-state index contributed by atoms with van der Waals surface area (Å²) >= 11 is 0. The second-order valence-electron chi connectivity index (χ2n) is 4.69. The van der Waals surface area contributed by atoms with Crippen molar-refractivity contribution in [3.05, 3.63) is 0 Å². The Morgan fingerprint density at radius 2 is 1.88 bits per heavy atom. The number of carbonyl (C=O) groups is 2. The van der Waals surface area contributed by atoms with Gasteiger partial charge < -0.3 is 10.2 Å². The largest absolute Gasteiger partial charge is 0.344 e. The molecular weight excluding hydrogens is 216 g/mol. The van der Waals surface area contributed by atoms with Gasteiger partial charge in [0.25, 0.3) is 0 Å². The normalized spacial score (nSPS) is 19.2. The minimum Gasteiger partial charge on any atom is -0.344 e. The van der Waals surface area contributed by atoms with Gasteiger partial charge in [0.1, 0.15) is 6.04 Å². The van der Waals surface area contributed by atoms with Crippen LogP contribution in [0.1, 0.15) is 52.4 Å². The summed E-state index contributed by atoms with van der Waals surface area (Å²) in [5.74, 6) is 0.118. The molecule has 0 spiro atoms. The molecule has 1 aliphatic rings. The monoisotopic (exact) mass is 240 g/mol. The molecule has 0 aliphatic carbocycles. The van der Waals surface area contributed by atoms with Crippen molar-refractivity contribution in [2.75, 3.05) is 13.1 Å². The molecule has 0 bridgehead atoms. The Hall–Kier alpha value is -1.06. The Morgan fingerprint density at radius 3 is 2.29 bits per heavy atom. The third-order valence-corrected chi connectivity index (χ3v) is 3.17. The van der Waals surface area contributed by atoms with E-state index < -0.39 is 0 Å².